The van der Waals surface area contributed by atoms with Crippen LogP contribution in [0.25, 0.3) is 5.57 Å². The number of hydrogen-bond acceptors (Lipinski definition) is 3. The Morgan fingerprint density at radius 3 is 2.11 bits per heavy atom. The van der Waals surface area contributed by atoms with Gasteiger partial charge in [0.05, 0.1) is 33.0 Å². The van der Waals surface area contributed by atoms with Crippen LogP contribution < -0.4 is 0 Å². The highest BCUT2D eigenvalue weighted by Crippen LogP contribution is 2.11. The van der Waals surface area contributed by atoms with E-state index in [4.69, 9.17) is 14.2 Å². The SMILES string of the molecule is C=C(COCCOCCOCCC)c1ccccc1. The van der Waals surface area contributed by atoms with Crippen LogP contribution >= 0.6 is 0 Å². The van der Waals surface area contributed by atoms with E-state index in [-0.39, 0.29) is 0 Å². The highest BCUT2D eigenvalue weighted by molar-refractivity contribution is 5.63. The Balaban J connectivity index is 1.95. The Labute approximate surface area is 116 Å². The molecule has 0 radical (unpaired) electrons. The van der Waals surface area contributed by atoms with Crippen molar-refractivity contribution in [1.29, 1.82) is 0 Å². The van der Waals surface area contributed by atoms with E-state index in [9.17, 15) is 0 Å². The second-order valence-corrected chi connectivity index (χ2v) is 4.25. The Bertz CT molecular complexity index is 335. The van der Waals surface area contributed by atoms with E-state index in [0.29, 0.717) is 33.0 Å². The molecule has 0 N–H and O–H groups in total. The lowest BCUT2D eigenvalue weighted by molar-refractivity contribution is 0.0205. The first-order valence-electron chi connectivity index (χ1n) is 6.81. The first-order chi connectivity index (χ1) is 9.34. The van der Waals surface area contributed by atoms with E-state index >= 15 is 0 Å². The van der Waals surface area contributed by atoms with E-state index < -0.39 is 0 Å². The van der Waals surface area contributed by atoms with Gasteiger partial charge in [-0.2, -0.15) is 0 Å². The third-order valence-corrected chi connectivity index (χ3v) is 2.55. The van der Waals surface area contributed by atoms with Crippen molar-refractivity contribution in [3.63, 3.8) is 0 Å². The number of hydrogen-bond donors (Lipinski definition) is 0. The molecule has 19 heavy (non-hydrogen) atoms. The molecule has 3 nitrogen and oxygen atoms in total. The standard InChI is InChI=1S/C16H24O3/c1-3-9-17-10-11-18-12-13-19-14-15(2)16-7-5-4-6-8-16/h4-8H,2-3,9-14H2,1H3. The van der Waals surface area contributed by atoms with Crippen LogP contribution in [-0.4, -0.2) is 39.6 Å². The minimum Gasteiger partial charge on any atom is -0.379 e. The molecule has 0 amide bonds. The van der Waals surface area contributed by atoms with Gasteiger partial charge in [0.25, 0.3) is 0 Å². The maximum Gasteiger partial charge on any atom is 0.0718 e. The summed E-state index contributed by atoms with van der Waals surface area (Å²) < 4.78 is 16.2. The second kappa shape index (κ2) is 10.7. The summed E-state index contributed by atoms with van der Waals surface area (Å²) >= 11 is 0. The van der Waals surface area contributed by atoms with Gasteiger partial charge >= 0.3 is 0 Å². The number of rotatable bonds is 11. The lowest BCUT2D eigenvalue weighted by Gasteiger charge is -2.08. The molecule has 0 aliphatic rings. The largest absolute Gasteiger partial charge is 0.379 e. The maximum absolute atomic E-state index is 5.51. The van der Waals surface area contributed by atoms with Crippen molar-refractivity contribution in [2.45, 2.75) is 13.3 Å². The van der Waals surface area contributed by atoms with Crippen molar-refractivity contribution in [3.05, 3.63) is 42.5 Å². The third kappa shape index (κ3) is 7.78. The van der Waals surface area contributed by atoms with Crippen molar-refractivity contribution in [2.75, 3.05) is 39.6 Å². The quantitative estimate of drug-likeness (QED) is 0.575. The molecule has 0 bridgehead atoms. The van der Waals surface area contributed by atoms with Gasteiger partial charge in [0.1, 0.15) is 0 Å². The smallest absolute Gasteiger partial charge is 0.0718 e. The minimum absolute atomic E-state index is 0.541. The predicted molar refractivity (Wildman–Crippen MR) is 78.2 cm³/mol. The molecule has 0 aliphatic carbocycles. The summed E-state index contributed by atoms with van der Waals surface area (Å²) in [5, 5.41) is 0. The molecule has 106 valence electrons. The fraction of sp³-hybridized carbons (Fsp3) is 0.500. The molecule has 0 saturated heterocycles. The van der Waals surface area contributed by atoms with Gasteiger partial charge in [-0.15, -0.1) is 0 Å². The number of benzene rings is 1. The van der Waals surface area contributed by atoms with Gasteiger partial charge < -0.3 is 14.2 Å². The molecule has 3 heteroatoms. The zero-order chi connectivity index (χ0) is 13.8. The molecule has 1 aromatic carbocycles. The van der Waals surface area contributed by atoms with E-state index in [2.05, 4.69) is 13.5 Å². The fourth-order valence-corrected chi connectivity index (χ4v) is 1.54. The molecule has 0 atom stereocenters. The molecule has 1 rings (SSSR count). The van der Waals surface area contributed by atoms with Crippen LogP contribution in [-0.2, 0) is 14.2 Å². The van der Waals surface area contributed by atoms with Gasteiger partial charge in [0.2, 0.25) is 0 Å². The Morgan fingerprint density at radius 1 is 0.895 bits per heavy atom. The average molecular weight is 264 g/mol. The van der Waals surface area contributed by atoms with Gasteiger partial charge in [-0.05, 0) is 17.6 Å². The van der Waals surface area contributed by atoms with Crippen LogP contribution in [0.1, 0.15) is 18.9 Å². The molecule has 0 spiro atoms. The summed E-state index contributed by atoms with van der Waals surface area (Å²) in [6.45, 7) is 9.91. The van der Waals surface area contributed by atoms with Crippen LogP contribution in [0.4, 0.5) is 0 Å². The van der Waals surface area contributed by atoms with Gasteiger partial charge in [-0.25, -0.2) is 0 Å². The zero-order valence-corrected chi connectivity index (χ0v) is 11.8. The summed E-state index contributed by atoms with van der Waals surface area (Å²) in [5.74, 6) is 0. The van der Waals surface area contributed by atoms with Gasteiger partial charge in [0, 0.05) is 6.61 Å². The van der Waals surface area contributed by atoms with Crippen LogP contribution in [0, 0.1) is 0 Å². The third-order valence-electron chi connectivity index (χ3n) is 2.55. The monoisotopic (exact) mass is 264 g/mol. The van der Waals surface area contributed by atoms with Crippen LogP contribution in [0.3, 0.4) is 0 Å². The molecule has 0 aromatic heterocycles. The summed E-state index contributed by atoms with van der Waals surface area (Å²) in [6, 6.07) is 10.1. The van der Waals surface area contributed by atoms with E-state index in [1.165, 1.54) is 0 Å². The van der Waals surface area contributed by atoms with Crippen molar-refractivity contribution in [1.82, 2.24) is 0 Å². The van der Waals surface area contributed by atoms with E-state index in [0.717, 1.165) is 24.2 Å². The molecule has 0 saturated carbocycles. The topological polar surface area (TPSA) is 27.7 Å². The van der Waals surface area contributed by atoms with Crippen molar-refractivity contribution < 1.29 is 14.2 Å². The summed E-state index contributed by atoms with van der Waals surface area (Å²) in [4.78, 5) is 0. The predicted octanol–water partition coefficient (Wildman–Crippen LogP) is 3.16. The first-order valence-corrected chi connectivity index (χ1v) is 6.81. The minimum atomic E-state index is 0.541. The second-order valence-electron chi connectivity index (χ2n) is 4.25. The molecular weight excluding hydrogens is 240 g/mol. The van der Waals surface area contributed by atoms with Gasteiger partial charge in [-0.3, -0.25) is 0 Å². The summed E-state index contributed by atoms with van der Waals surface area (Å²) in [5.41, 5.74) is 2.11. The molecule has 0 aliphatic heterocycles. The van der Waals surface area contributed by atoms with Crippen LogP contribution in [0.5, 0.6) is 0 Å². The fourth-order valence-electron chi connectivity index (χ4n) is 1.54. The lowest BCUT2D eigenvalue weighted by Crippen LogP contribution is -2.10. The van der Waals surface area contributed by atoms with Crippen LogP contribution in [0.2, 0.25) is 0 Å². The summed E-state index contributed by atoms with van der Waals surface area (Å²) in [7, 11) is 0. The van der Waals surface area contributed by atoms with Gasteiger partial charge in [0.15, 0.2) is 0 Å². The Hall–Kier alpha value is -1.16. The van der Waals surface area contributed by atoms with E-state index in [1.807, 2.05) is 30.3 Å². The first kappa shape index (κ1) is 15.9. The van der Waals surface area contributed by atoms with E-state index in [1.54, 1.807) is 0 Å². The number of ether oxygens (including phenoxy) is 3. The summed E-state index contributed by atoms with van der Waals surface area (Å²) in [6.07, 6.45) is 1.05. The lowest BCUT2D eigenvalue weighted by atomic mass is 10.1. The Kier molecular flexibility index (Phi) is 8.98. The average Bonchev–Trinajstić information content (AvgIpc) is 2.46. The molecule has 0 fully saturated rings. The molecular formula is C16H24O3. The normalized spacial score (nSPS) is 10.6. The van der Waals surface area contributed by atoms with Crippen molar-refractivity contribution >= 4 is 5.57 Å². The van der Waals surface area contributed by atoms with Gasteiger partial charge in [-0.1, -0.05) is 43.8 Å². The van der Waals surface area contributed by atoms with Crippen LogP contribution in [0.15, 0.2) is 36.9 Å². The molecule has 1 aromatic rings. The highest BCUT2D eigenvalue weighted by atomic mass is 16.5. The zero-order valence-electron chi connectivity index (χ0n) is 11.8. The molecule has 0 heterocycles. The molecule has 0 unspecified atom stereocenters. The van der Waals surface area contributed by atoms with Crippen molar-refractivity contribution in [2.24, 2.45) is 0 Å². The highest BCUT2D eigenvalue weighted by Gasteiger charge is 1.98. The van der Waals surface area contributed by atoms with Crippen molar-refractivity contribution in [3.8, 4) is 0 Å². The maximum atomic E-state index is 5.51. The Morgan fingerprint density at radius 2 is 1.47 bits per heavy atom.